The molecule has 0 fully saturated rings. The van der Waals surface area contributed by atoms with Crippen molar-refractivity contribution >= 4 is 34.4 Å². The SMILES string of the molecule is Cc1nc(N[C@H](C)c2cccc(C(F)F)c2F)c2cc(C(=O)[O-])c(Cl)nc2n1.[Li+]. The third kappa shape index (κ3) is 4.64. The molecule has 3 rings (SSSR count). The van der Waals surface area contributed by atoms with E-state index in [4.69, 9.17) is 11.6 Å². The second-order valence-electron chi connectivity index (χ2n) is 6.02. The van der Waals surface area contributed by atoms with Crippen molar-refractivity contribution in [1.29, 1.82) is 0 Å². The fourth-order valence-corrected chi connectivity index (χ4v) is 2.96. The van der Waals surface area contributed by atoms with Crippen LogP contribution in [0, 0.1) is 12.7 Å². The molecule has 1 atom stereocenters. The van der Waals surface area contributed by atoms with Crippen LogP contribution in [0.5, 0.6) is 0 Å². The van der Waals surface area contributed by atoms with Gasteiger partial charge in [0.25, 0.3) is 6.43 Å². The monoisotopic (exact) mass is 416 g/mol. The standard InChI is InChI=1S/C18H14ClF3N4O2.Li/c1-7(9-4-3-5-10(13(9)20)15(21)22)23-16-12-6-11(18(27)28)14(19)26-17(12)25-8(2)24-16;/h3-7,15H,1-2H3,(H,27,28)(H,23,24,25,26);/q;+1/p-1/t7-;/m1./s1. The van der Waals surface area contributed by atoms with Gasteiger partial charge in [0.15, 0.2) is 5.65 Å². The minimum absolute atomic E-state index is 0. The Hall–Kier alpha value is -2.34. The summed E-state index contributed by atoms with van der Waals surface area (Å²) in [6, 6.07) is 4.14. The van der Waals surface area contributed by atoms with Crippen molar-refractivity contribution in [3.63, 3.8) is 0 Å². The summed E-state index contributed by atoms with van der Waals surface area (Å²) in [4.78, 5) is 23.4. The molecule has 1 N–H and O–H groups in total. The number of hydrogen-bond donors (Lipinski definition) is 1. The third-order valence-corrected chi connectivity index (χ3v) is 4.37. The molecule has 0 amide bonds. The first-order valence-electron chi connectivity index (χ1n) is 8.08. The van der Waals surface area contributed by atoms with Crippen LogP contribution in [0.2, 0.25) is 5.15 Å². The normalized spacial score (nSPS) is 12.0. The predicted octanol–water partition coefficient (Wildman–Crippen LogP) is 0.604. The van der Waals surface area contributed by atoms with Crippen molar-refractivity contribution in [2.45, 2.75) is 26.3 Å². The zero-order valence-corrected chi connectivity index (χ0v) is 16.4. The van der Waals surface area contributed by atoms with Gasteiger partial charge in [-0.05, 0) is 19.9 Å². The van der Waals surface area contributed by atoms with Crippen molar-refractivity contribution < 1.29 is 41.9 Å². The average molecular weight is 417 g/mol. The summed E-state index contributed by atoms with van der Waals surface area (Å²) in [5.41, 5.74) is -0.936. The van der Waals surface area contributed by atoms with Crippen molar-refractivity contribution in [2.24, 2.45) is 0 Å². The summed E-state index contributed by atoms with van der Waals surface area (Å²) in [5.74, 6) is -2.10. The Labute approximate surface area is 180 Å². The Morgan fingerprint density at radius 1 is 1.21 bits per heavy atom. The van der Waals surface area contributed by atoms with E-state index in [1.54, 1.807) is 13.8 Å². The Kier molecular flexibility index (Phi) is 7.11. The van der Waals surface area contributed by atoms with E-state index in [0.717, 1.165) is 6.07 Å². The minimum Gasteiger partial charge on any atom is -0.545 e. The van der Waals surface area contributed by atoms with Crippen LogP contribution in [0.1, 0.15) is 46.7 Å². The quantitative estimate of drug-likeness (QED) is 0.484. The molecular weight excluding hydrogens is 404 g/mol. The Balaban J connectivity index is 0.00000300. The smallest absolute Gasteiger partial charge is 0.545 e. The number of rotatable bonds is 5. The summed E-state index contributed by atoms with van der Waals surface area (Å²) in [7, 11) is 0. The van der Waals surface area contributed by atoms with Crippen LogP contribution in [-0.2, 0) is 0 Å². The topological polar surface area (TPSA) is 90.8 Å². The van der Waals surface area contributed by atoms with Crippen LogP contribution >= 0.6 is 11.6 Å². The zero-order valence-electron chi connectivity index (χ0n) is 15.6. The van der Waals surface area contributed by atoms with Crippen molar-refractivity contribution in [1.82, 2.24) is 15.0 Å². The molecule has 29 heavy (non-hydrogen) atoms. The van der Waals surface area contributed by atoms with Gasteiger partial charge in [-0.1, -0.05) is 29.8 Å². The van der Waals surface area contributed by atoms with Crippen LogP contribution in [0.25, 0.3) is 11.0 Å². The number of anilines is 1. The van der Waals surface area contributed by atoms with Crippen molar-refractivity contribution in [2.75, 3.05) is 5.32 Å². The summed E-state index contributed by atoms with van der Waals surface area (Å²) < 4.78 is 40.3. The largest absolute Gasteiger partial charge is 1.00 e. The fourth-order valence-electron chi connectivity index (χ4n) is 2.75. The van der Waals surface area contributed by atoms with Gasteiger partial charge in [-0.3, -0.25) is 0 Å². The molecule has 2 aromatic heterocycles. The van der Waals surface area contributed by atoms with Crippen molar-refractivity contribution in [3.8, 4) is 0 Å². The molecule has 6 nitrogen and oxygen atoms in total. The van der Waals surface area contributed by atoms with E-state index in [9.17, 15) is 23.1 Å². The molecule has 1 aromatic carbocycles. The maximum absolute atomic E-state index is 14.4. The molecule has 0 bridgehead atoms. The Bertz CT molecular complexity index is 1080. The van der Waals surface area contributed by atoms with E-state index < -0.39 is 29.8 Å². The molecule has 0 aliphatic carbocycles. The second-order valence-corrected chi connectivity index (χ2v) is 6.38. The first kappa shape index (κ1) is 22.9. The number of carbonyl (C=O) groups excluding carboxylic acids is 1. The number of halogens is 4. The molecule has 0 unspecified atom stereocenters. The number of hydrogen-bond acceptors (Lipinski definition) is 6. The number of pyridine rings is 1. The average Bonchev–Trinajstić information content (AvgIpc) is 2.60. The van der Waals surface area contributed by atoms with Gasteiger partial charge in [0.05, 0.1) is 23.0 Å². The molecule has 0 saturated heterocycles. The van der Waals surface area contributed by atoms with Gasteiger partial charge in [-0.15, -0.1) is 0 Å². The van der Waals surface area contributed by atoms with Gasteiger partial charge >= 0.3 is 18.9 Å². The van der Waals surface area contributed by atoms with Crippen LogP contribution in [0.3, 0.4) is 0 Å². The fraction of sp³-hybridized carbons (Fsp3) is 0.222. The molecule has 3 aromatic rings. The van der Waals surface area contributed by atoms with Gasteiger partial charge in [0.1, 0.15) is 22.6 Å². The molecule has 0 aliphatic heterocycles. The van der Waals surface area contributed by atoms with E-state index in [1.807, 2.05) is 0 Å². The summed E-state index contributed by atoms with van der Waals surface area (Å²) in [5, 5.41) is 14.0. The molecule has 0 radical (unpaired) electrons. The number of aromatic nitrogens is 3. The molecular formula is C18H13ClF3LiN4O2. The predicted molar refractivity (Wildman–Crippen MR) is 94.8 cm³/mol. The van der Waals surface area contributed by atoms with Crippen molar-refractivity contribution in [3.05, 3.63) is 57.8 Å². The summed E-state index contributed by atoms with van der Waals surface area (Å²) >= 11 is 5.84. The summed E-state index contributed by atoms with van der Waals surface area (Å²) in [6.45, 7) is 3.13. The number of nitrogens with zero attached hydrogens (tertiary/aromatic N) is 3. The van der Waals surface area contributed by atoms with Gasteiger partial charge in [0, 0.05) is 11.1 Å². The number of benzene rings is 1. The van der Waals surface area contributed by atoms with Crippen LogP contribution < -0.4 is 29.3 Å². The molecule has 0 spiro atoms. The maximum atomic E-state index is 14.4. The third-order valence-electron chi connectivity index (χ3n) is 4.09. The number of nitrogens with one attached hydrogen (secondary N) is 1. The van der Waals surface area contributed by atoms with E-state index in [-0.39, 0.29) is 52.0 Å². The Morgan fingerprint density at radius 2 is 1.86 bits per heavy atom. The number of fused-ring (bicyclic) bond motifs is 1. The van der Waals surface area contributed by atoms with Gasteiger partial charge in [0.2, 0.25) is 0 Å². The number of aromatic carboxylic acids is 1. The van der Waals surface area contributed by atoms with Crippen LogP contribution in [-0.4, -0.2) is 20.9 Å². The van der Waals surface area contributed by atoms with E-state index in [0.29, 0.717) is 5.82 Å². The summed E-state index contributed by atoms with van der Waals surface area (Å²) in [6.07, 6.45) is -2.95. The number of carboxylic acid groups (broad SMARTS) is 1. The first-order chi connectivity index (χ1) is 13.2. The molecule has 0 saturated carbocycles. The minimum atomic E-state index is -2.95. The molecule has 0 aliphatic rings. The van der Waals surface area contributed by atoms with E-state index in [1.165, 1.54) is 18.2 Å². The van der Waals surface area contributed by atoms with Gasteiger partial charge < -0.3 is 15.2 Å². The van der Waals surface area contributed by atoms with E-state index in [2.05, 4.69) is 20.3 Å². The molecule has 11 heteroatoms. The van der Waals surface area contributed by atoms with Gasteiger partial charge in [-0.25, -0.2) is 28.1 Å². The molecule has 146 valence electrons. The second kappa shape index (κ2) is 8.99. The number of alkyl halides is 2. The maximum Gasteiger partial charge on any atom is 1.00 e. The van der Waals surface area contributed by atoms with Gasteiger partial charge in [-0.2, -0.15) is 0 Å². The van der Waals surface area contributed by atoms with Crippen LogP contribution in [0.15, 0.2) is 24.3 Å². The van der Waals surface area contributed by atoms with Crippen LogP contribution in [0.4, 0.5) is 19.0 Å². The Morgan fingerprint density at radius 3 is 2.48 bits per heavy atom. The number of carbonyl (C=O) groups is 1. The molecule has 2 heterocycles. The van der Waals surface area contributed by atoms with E-state index >= 15 is 0 Å². The zero-order chi connectivity index (χ0) is 20.6. The first-order valence-corrected chi connectivity index (χ1v) is 8.46. The number of aryl methyl sites for hydroxylation is 1. The number of carboxylic acids is 1.